The maximum absolute atomic E-state index is 14.3. The minimum absolute atomic E-state index is 0.141. The van der Waals surface area contributed by atoms with Crippen LogP contribution in [-0.2, 0) is 4.79 Å². The van der Waals surface area contributed by atoms with Gasteiger partial charge in [-0.1, -0.05) is 0 Å². The lowest BCUT2D eigenvalue weighted by Crippen LogP contribution is -2.30. The summed E-state index contributed by atoms with van der Waals surface area (Å²) in [6.07, 6.45) is 0.988. The van der Waals surface area contributed by atoms with Gasteiger partial charge in [0.15, 0.2) is 11.6 Å². The molecule has 5 nitrogen and oxygen atoms in total. The van der Waals surface area contributed by atoms with Crippen molar-refractivity contribution in [2.75, 3.05) is 18.4 Å². The van der Waals surface area contributed by atoms with E-state index in [0.29, 0.717) is 22.8 Å². The molecule has 6 heteroatoms. The van der Waals surface area contributed by atoms with Crippen molar-refractivity contribution in [2.45, 2.75) is 13.3 Å². The van der Waals surface area contributed by atoms with Gasteiger partial charge in [-0.3, -0.25) is 9.79 Å². The Hall–Kier alpha value is -2.89. The smallest absolute Gasteiger partial charge is 0.221 e. The van der Waals surface area contributed by atoms with Crippen molar-refractivity contribution in [3.05, 3.63) is 53.8 Å². The van der Waals surface area contributed by atoms with Crippen LogP contribution in [0.5, 0.6) is 11.5 Å². The Kier molecular flexibility index (Phi) is 4.74. The molecule has 2 N–H and O–H groups in total. The zero-order valence-corrected chi connectivity index (χ0v) is 13.3. The minimum atomic E-state index is -0.450. The maximum Gasteiger partial charge on any atom is 0.221 e. The predicted molar refractivity (Wildman–Crippen MR) is 91.2 cm³/mol. The molecule has 0 radical (unpaired) electrons. The third kappa shape index (κ3) is 3.90. The first-order valence-corrected chi connectivity index (χ1v) is 7.75. The van der Waals surface area contributed by atoms with Crippen LogP contribution in [0.4, 0.5) is 10.1 Å². The van der Waals surface area contributed by atoms with Crippen molar-refractivity contribution in [1.29, 1.82) is 0 Å². The molecule has 1 aliphatic rings. The minimum Gasteiger partial charge on any atom is -0.454 e. The highest BCUT2D eigenvalue weighted by Gasteiger charge is 2.11. The van der Waals surface area contributed by atoms with Gasteiger partial charge in [-0.2, -0.15) is 0 Å². The highest BCUT2D eigenvalue weighted by molar-refractivity contribution is 5.99. The van der Waals surface area contributed by atoms with Crippen molar-refractivity contribution < 1.29 is 13.9 Å². The second-order valence-electron chi connectivity index (χ2n) is 5.46. The predicted octanol–water partition coefficient (Wildman–Crippen LogP) is 3.32. The Bertz CT molecular complexity index is 772. The summed E-state index contributed by atoms with van der Waals surface area (Å²) in [4.78, 5) is 15.3. The molecule has 0 bridgehead atoms. The normalized spacial score (nSPS) is 13.7. The van der Waals surface area contributed by atoms with Gasteiger partial charge in [0.2, 0.25) is 5.91 Å². The van der Waals surface area contributed by atoms with Crippen LogP contribution in [0.25, 0.3) is 0 Å². The molecule has 0 saturated carbocycles. The Balaban J connectivity index is 1.73. The molecule has 3 rings (SSSR count). The summed E-state index contributed by atoms with van der Waals surface area (Å²) < 4.78 is 19.8. The Morgan fingerprint density at radius 3 is 2.67 bits per heavy atom. The Morgan fingerprint density at radius 1 is 1.25 bits per heavy atom. The highest BCUT2D eigenvalue weighted by Crippen LogP contribution is 2.26. The molecule has 0 saturated heterocycles. The summed E-state index contributed by atoms with van der Waals surface area (Å²) in [7, 11) is 0. The Labute approximate surface area is 139 Å². The average molecular weight is 327 g/mol. The van der Waals surface area contributed by atoms with Gasteiger partial charge in [0, 0.05) is 31.3 Å². The molecule has 124 valence electrons. The number of rotatable bonds is 4. The van der Waals surface area contributed by atoms with E-state index in [1.54, 1.807) is 36.4 Å². The topological polar surface area (TPSA) is 62.7 Å². The molecule has 0 spiro atoms. The molecule has 2 aromatic carbocycles. The average Bonchev–Trinajstić information content (AvgIpc) is 2.59. The van der Waals surface area contributed by atoms with E-state index in [1.807, 2.05) is 0 Å². The van der Waals surface area contributed by atoms with E-state index in [1.165, 1.54) is 13.0 Å². The van der Waals surface area contributed by atoms with E-state index in [9.17, 15) is 9.18 Å². The molecule has 24 heavy (non-hydrogen) atoms. The number of nitrogens with zero attached hydrogens (tertiary/aromatic N) is 1. The molecule has 1 amide bonds. The number of halogens is 1. The first-order valence-electron chi connectivity index (χ1n) is 7.75. The summed E-state index contributed by atoms with van der Waals surface area (Å²) in [6.45, 7) is 3.04. The van der Waals surface area contributed by atoms with Crippen molar-refractivity contribution in [2.24, 2.45) is 4.99 Å². The molecule has 0 aliphatic carbocycles. The van der Waals surface area contributed by atoms with E-state index in [2.05, 4.69) is 15.6 Å². The van der Waals surface area contributed by atoms with E-state index in [-0.39, 0.29) is 11.7 Å². The van der Waals surface area contributed by atoms with E-state index >= 15 is 0 Å². The summed E-state index contributed by atoms with van der Waals surface area (Å²) >= 11 is 0. The van der Waals surface area contributed by atoms with Crippen LogP contribution in [0, 0.1) is 5.82 Å². The van der Waals surface area contributed by atoms with Crippen LogP contribution in [0.3, 0.4) is 0 Å². The molecular formula is C18H18FN3O2. The summed E-state index contributed by atoms with van der Waals surface area (Å²) in [5, 5.41) is 5.82. The molecular weight excluding hydrogens is 309 g/mol. The number of carbonyl (C=O) groups excluding carboxylic acids is 1. The molecule has 0 fully saturated rings. The number of amidine groups is 1. The third-order valence-electron chi connectivity index (χ3n) is 3.51. The maximum atomic E-state index is 14.3. The molecule has 1 aliphatic heterocycles. The monoisotopic (exact) mass is 327 g/mol. The quantitative estimate of drug-likeness (QED) is 0.905. The van der Waals surface area contributed by atoms with Gasteiger partial charge >= 0.3 is 0 Å². The van der Waals surface area contributed by atoms with Gasteiger partial charge in [-0.15, -0.1) is 0 Å². The van der Waals surface area contributed by atoms with Gasteiger partial charge in [0.25, 0.3) is 0 Å². The summed E-state index contributed by atoms with van der Waals surface area (Å²) in [6, 6.07) is 11.5. The number of carbonyl (C=O) groups is 1. The number of anilines is 1. The number of ether oxygens (including phenoxy) is 1. The lowest BCUT2D eigenvalue weighted by atomic mass is 10.1. The Morgan fingerprint density at radius 2 is 2.04 bits per heavy atom. The number of hydrogen-bond acceptors (Lipinski definition) is 4. The van der Waals surface area contributed by atoms with E-state index < -0.39 is 5.82 Å². The first-order chi connectivity index (χ1) is 11.6. The lowest BCUT2D eigenvalue weighted by Gasteiger charge is -2.15. The zero-order chi connectivity index (χ0) is 16.9. The van der Waals surface area contributed by atoms with Crippen LogP contribution in [0.1, 0.15) is 18.9 Å². The molecule has 1 heterocycles. The second kappa shape index (κ2) is 7.12. The van der Waals surface area contributed by atoms with Gasteiger partial charge in [-0.05, 0) is 48.9 Å². The van der Waals surface area contributed by atoms with Gasteiger partial charge in [0.1, 0.15) is 11.6 Å². The van der Waals surface area contributed by atoms with Crippen molar-refractivity contribution in [1.82, 2.24) is 5.32 Å². The standard InChI is InChI=1S/C18H18FN3O2/c1-12(23)22-14-4-6-15(7-5-14)24-17-8-3-13(11-16(17)19)18-20-9-2-10-21-18/h3-8,11H,2,9-10H2,1H3,(H,20,21)(H,22,23). The summed E-state index contributed by atoms with van der Waals surface area (Å²) in [5.41, 5.74) is 1.37. The fourth-order valence-corrected chi connectivity index (χ4v) is 2.39. The molecule has 0 aromatic heterocycles. The summed E-state index contributed by atoms with van der Waals surface area (Å²) in [5.74, 6) is 0.746. The largest absolute Gasteiger partial charge is 0.454 e. The van der Waals surface area contributed by atoms with Crippen LogP contribution >= 0.6 is 0 Å². The second-order valence-corrected chi connectivity index (χ2v) is 5.46. The van der Waals surface area contributed by atoms with Crippen molar-refractivity contribution in [3.63, 3.8) is 0 Å². The number of nitrogens with one attached hydrogen (secondary N) is 2. The number of amides is 1. The lowest BCUT2D eigenvalue weighted by molar-refractivity contribution is -0.114. The van der Waals surface area contributed by atoms with Crippen LogP contribution in [0.2, 0.25) is 0 Å². The molecule has 0 atom stereocenters. The number of hydrogen-bond donors (Lipinski definition) is 2. The highest BCUT2D eigenvalue weighted by atomic mass is 19.1. The molecule has 2 aromatic rings. The fraction of sp³-hybridized carbons (Fsp3) is 0.222. The molecule has 0 unspecified atom stereocenters. The van der Waals surface area contributed by atoms with Crippen LogP contribution in [-0.4, -0.2) is 24.8 Å². The fourth-order valence-electron chi connectivity index (χ4n) is 2.39. The van der Waals surface area contributed by atoms with Gasteiger partial charge in [-0.25, -0.2) is 4.39 Å². The number of benzene rings is 2. The van der Waals surface area contributed by atoms with Crippen LogP contribution < -0.4 is 15.4 Å². The van der Waals surface area contributed by atoms with E-state index in [0.717, 1.165) is 19.5 Å². The van der Waals surface area contributed by atoms with Crippen molar-refractivity contribution in [3.8, 4) is 11.5 Å². The van der Waals surface area contributed by atoms with Gasteiger partial charge < -0.3 is 15.4 Å². The first kappa shape index (κ1) is 16.0. The van der Waals surface area contributed by atoms with Crippen molar-refractivity contribution >= 4 is 17.4 Å². The number of aliphatic imine (C=N–C) groups is 1. The SMILES string of the molecule is CC(=O)Nc1ccc(Oc2ccc(C3=NCCCN3)cc2F)cc1. The van der Waals surface area contributed by atoms with Gasteiger partial charge in [0.05, 0.1) is 0 Å². The van der Waals surface area contributed by atoms with E-state index in [4.69, 9.17) is 4.74 Å². The zero-order valence-electron chi connectivity index (χ0n) is 13.3. The third-order valence-corrected chi connectivity index (χ3v) is 3.51. The van der Waals surface area contributed by atoms with Crippen LogP contribution in [0.15, 0.2) is 47.5 Å².